The molecule has 16 heavy (non-hydrogen) atoms. The highest BCUT2D eigenvalue weighted by Crippen LogP contribution is 2.37. The minimum Gasteiger partial charge on any atom is -0.261 e. The van der Waals surface area contributed by atoms with Crippen LogP contribution in [0.2, 0.25) is 0 Å². The van der Waals surface area contributed by atoms with Crippen LogP contribution < -0.4 is 0 Å². The Morgan fingerprint density at radius 1 is 1.00 bits per heavy atom. The average Bonchev–Trinajstić information content (AvgIpc) is 2.62. The molecule has 2 aromatic heterocycles. The van der Waals surface area contributed by atoms with Crippen molar-refractivity contribution in [3.63, 3.8) is 0 Å². The lowest BCUT2D eigenvalue weighted by Crippen LogP contribution is -1.93. The molecule has 0 aliphatic heterocycles. The van der Waals surface area contributed by atoms with Gasteiger partial charge in [-0.25, -0.2) is 0 Å². The van der Waals surface area contributed by atoms with E-state index in [4.69, 9.17) is 0 Å². The fraction of sp³-hybridized carbons (Fsp3) is 0.286. The molecule has 0 spiro atoms. The molecule has 0 radical (unpaired) electrons. The Labute approximate surface area is 95.4 Å². The molecule has 2 aromatic rings. The maximum absolute atomic E-state index is 4.52. The molecule has 2 heteroatoms. The monoisotopic (exact) mass is 210 g/mol. The van der Waals surface area contributed by atoms with E-state index in [0.717, 1.165) is 12.1 Å². The number of pyridine rings is 2. The van der Waals surface area contributed by atoms with Crippen molar-refractivity contribution in [3.8, 4) is 11.1 Å². The van der Waals surface area contributed by atoms with Gasteiger partial charge in [0.15, 0.2) is 0 Å². The average molecular weight is 210 g/mol. The minimum absolute atomic E-state index is 0.958. The van der Waals surface area contributed by atoms with Crippen LogP contribution in [0.5, 0.6) is 0 Å². The highest BCUT2D eigenvalue weighted by molar-refractivity contribution is 5.76. The lowest BCUT2D eigenvalue weighted by molar-refractivity contribution is 1.07. The number of nitrogens with zero attached hydrogens (tertiary/aromatic N) is 2. The van der Waals surface area contributed by atoms with E-state index in [1.807, 2.05) is 12.4 Å². The summed E-state index contributed by atoms with van der Waals surface area (Å²) in [6.07, 6.45) is 4.89. The van der Waals surface area contributed by atoms with Crippen LogP contribution in [-0.2, 0) is 6.42 Å². The van der Waals surface area contributed by atoms with Crippen molar-refractivity contribution in [1.82, 2.24) is 9.97 Å². The fourth-order valence-electron chi connectivity index (χ4n) is 2.36. The molecular formula is C14H14N2. The van der Waals surface area contributed by atoms with E-state index in [2.05, 4.69) is 36.8 Å². The van der Waals surface area contributed by atoms with Gasteiger partial charge in [-0.05, 0) is 43.5 Å². The van der Waals surface area contributed by atoms with Gasteiger partial charge >= 0.3 is 0 Å². The lowest BCUT2D eigenvalue weighted by Gasteiger charge is -2.06. The van der Waals surface area contributed by atoms with Crippen LogP contribution in [0.4, 0.5) is 0 Å². The summed E-state index contributed by atoms with van der Waals surface area (Å²) in [6.45, 7) is 6.30. The molecule has 0 atom stereocenters. The van der Waals surface area contributed by atoms with E-state index in [1.54, 1.807) is 0 Å². The maximum Gasteiger partial charge on any atom is 0.0526 e. The van der Waals surface area contributed by atoms with Gasteiger partial charge in [-0.3, -0.25) is 9.97 Å². The third-order valence-corrected chi connectivity index (χ3v) is 3.45. The third kappa shape index (κ3) is 1.19. The minimum atomic E-state index is 0.958. The standard InChI is InChI=1S/C14H14N2/c1-8-4-12-13-7-15-10(3)9(2)11(13)5-14(12)16-6-8/h4,6-7H,5H2,1-3H3. The Kier molecular flexibility index (Phi) is 1.87. The Hall–Kier alpha value is -1.70. The molecule has 0 fully saturated rings. The fourth-order valence-corrected chi connectivity index (χ4v) is 2.36. The summed E-state index contributed by atoms with van der Waals surface area (Å²) in [6, 6.07) is 2.21. The summed E-state index contributed by atoms with van der Waals surface area (Å²) < 4.78 is 0. The quantitative estimate of drug-likeness (QED) is 0.570. The normalized spacial score (nSPS) is 12.4. The zero-order chi connectivity index (χ0) is 11.3. The summed E-state index contributed by atoms with van der Waals surface area (Å²) >= 11 is 0. The van der Waals surface area contributed by atoms with Crippen LogP contribution in [0.25, 0.3) is 11.1 Å². The van der Waals surface area contributed by atoms with E-state index in [9.17, 15) is 0 Å². The molecule has 80 valence electrons. The molecule has 2 nitrogen and oxygen atoms in total. The molecule has 0 amide bonds. The van der Waals surface area contributed by atoms with Crippen molar-refractivity contribution < 1.29 is 0 Å². The van der Waals surface area contributed by atoms with E-state index in [-0.39, 0.29) is 0 Å². The Morgan fingerprint density at radius 3 is 2.62 bits per heavy atom. The van der Waals surface area contributed by atoms with E-state index in [1.165, 1.54) is 33.5 Å². The van der Waals surface area contributed by atoms with Crippen molar-refractivity contribution in [2.24, 2.45) is 0 Å². The van der Waals surface area contributed by atoms with Gasteiger partial charge in [-0.15, -0.1) is 0 Å². The SMILES string of the molecule is Cc1cnc2c(c1)-c1cnc(C)c(C)c1C2. The Bertz CT molecular complexity index is 586. The number of hydrogen-bond donors (Lipinski definition) is 0. The zero-order valence-electron chi connectivity index (χ0n) is 9.83. The number of aromatic nitrogens is 2. The van der Waals surface area contributed by atoms with Crippen LogP contribution in [0.15, 0.2) is 18.5 Å². The van der Waals surface area contributed by atoms with Crippen LogP contribution >= 0.6 is 0 Å². The molecule has 0 aromatic carbocycles. The first-order valence-electron chi connectivity index (χ1n) is 5.58. The Morgan fingerprint density at radius 2 is 1.81 bits per heavy atom. The molecule has 0 unspecified atom stereocenters. The van der Waals surface area contributed by atoms with Crippen LogP contribution in [0.1, 0.15) is 28.1 Å². The second kappa shape index (κ2) is 3.14. The van der Waals surface area contributed by atoms with Crippen LogP contribution in [0, 0.1) is 20.8 Å². The zero-order valence-corrected chi connectivity index (χ0v) is 9.83. The highest BCUT2D eigenvalue weighted by atomic mass is 14.7. The van der Waals surface area contributed by atoms with Gasteiger partial charge in [-0.2, -0.15) is 0 Å². The molecule has 1 aliphatic rings. The largest absolute Gasteiger partial charge is 0.261 e. The predicted molar refractivity (Wildman–Crippen MR) is 64.5 cm³/mol. The van der Waals surface area contributed by atoms with E-state index >= 15 is 0 Å². The summed E-state index contributed by atoms with van der Waals surface area (Å²) in [5.74, 6) is 0. The van der Waals surface area contributed by atoms with Crippen LogP contribution in [-0.4, -0.2) is 9.97 Å². The van der Waals surface area contributed by atoms with Gasteiger partial charge < -0.3 is 0 Å². The first-order chi connectivity index (χ1) is 7.66. The number of hydrogen-bond acceptors (Lipinski definition) is 2. The van der Waals surface area contributed by atoms with Gasteiger partial charge in [0.2, 0.25) is 0 Å². The first kappa shape index (κ1) is 9.52. The molecule has 3 rings (SSSR count). The van der Waals surface area contributed by atoms with Gasteiger partial charge in [-0.1, -0.05) is 0 Å². The number of aryl methyl sites for hydroxylation is 2. The summed E-state index contributed by atoms with van der Waals surface area (Å²) in [4.78, 5) is 8.97. The van der Waals surface area contributed by atoms with Gasteiger partial charge in [0.1, 0.15) is 0 Å². The number of fused-ring (bicyclic) bond motifs is 3. The predicted octanol–water partition coefficient (Wildman–Crippen LogP) is 2.97. The third-order valence-electron chi connectivity index (χ3n) is 3.45. The topological polar surface area (TPSA) is 25.8 Å². The molecular weight excluding hydrogens is 196 g/mol. The summed E-state index contributed by atoms with van der Waals surface area (Å²) in [5, 5.41) is 0. The maximum atomic E-state index is 4.52. The summed E-state index contributed by atoms with van der Waals surface area (Å²) in [7, 11) is 0. The second-order valence-corrected chi connectivity index (χ2v) is 4.54. The molecule has 1 aliphatic carbocycles. The van der Waals surface area contributed by atoms with Gasteiger partial charge in [0.05, 0.1) is 5.69 Å². The second-order valence-electron chi connectivity index (χ2n) is 4.54. The first-order valence-corrected chi connectivity index (χ1v) is 5.58. The van der Waals surface area contributed by atoms with Crippen molar-refractivity contribution in [2.75, 3.05) is 0 Å². The summed E-state index contributed by atoms with van der Waals surface area (Å²) in [5.41, 5.74) is 8.79. The van der Waals surface area contributed by atoms with Crippen molar-refractivity contribution >= 4 is 0 Å². The Balaban J connectivity index is 2.30. The van der Waals surface area contributed by atoms with Gasteiger partial charge in [0, 0.05) is 35.6 Å². The smallest absolute Gasteiger partial charge is 0.0526 e. The van der Waals surface area contributed by atoms with Crippen molar-refractivity contribution in [2.45, 2.75) is 27.2 Å². The molecule has 0 saturated carbocycles. The molecule has 0 saturated heterocycles. The van der Waals surface area contributed by atoms with E-state index < -0.39 is 0 Å². The molecule has 0 bridgehead atoms. The van der Waals surface area contributed by atoms with Crippen molar-refractivity contribution in [1.29, 1.82) is 0 Å². The van der Waals surface area contributed by atoms with Crippen LogP contribution in [0.3, 0.4) is 0 Å². The van der Waals surface area contributed by atoms with Crippen molar-refractivity contribution in [3.05, 3.63) is 46.5 Å². The van der Waals surface area contributed by atoms with Gasteiger partial charge in [0.25, 0.3) is 0 Å². The van der Waals surface area contributed by atoms with E-state index in [0.29, 0.717) is 0 Å². The highest BCUT2D eigenvalue weighted by Gasteiger charge is 2.22. The number of rotatable bonds is 0. The molecule has 0 N–H and O–H groups in total. The molecule has 2 heterocycles. The lowest BCUT2D eigenvalue weighted by atomic mass is 10.0.